The van der Waals surface area contributed by atoms with Gasteiger partial charge in [-0.1, -0.05) is 64.1 Å². The van der Waals surface area contributed by atoms with E-state index in [-0.39, 0.29) is 5.41 Å². The summed E-state index contributed by atoms with van der Waals surface area (Å²) >= 11 is 2.04. The SMILES string of the molecule is CC1CC=Cc2c1sc1c(C3C=CC=CN3C(C)C)c(C(C)(C)C)ccc21. The third kappa shape index (κ3) is 3.08. The van der Waals surface area contributed by atoms with Gasteiger partial charge in [-0.15, -0.1) is 11.3 Å². The summed E-state index contributed by atoms with van der Waals surface area (Å²) in [6.07, 6.45) is 14.9. The monoisotopic (exact) mass is 377 g/mol. The van der Waals surface area contributed by atoms with E-state index in [9.17, 15) is 0 Å². The van der Waals surface area contributed by atoms with Crippen LogP contribution in [0.4, 0.5) is 0 Å². The molecule has 0 fully saturated rings. The first-order chi connectivity index (χ1) is 12.8. The van der Waals surface area contributed by atoms with Crippen LogP contribution in [-0.4, -0.2) is 10.9 Å². The Balaban J connectivity index is 2.03. The second-order valence-corrected chi connectivity index (χ2v) is 10.3. The van der Waals surface area contributed by atoms with Gasteiger partial charge in [0.25, 0.3) is 0 Å². The predicted molar refractivity (Wildman–Crippen MR) is 121 cm³/mol. The van der Waals surface area contributed by atoms with Crippen molar-refractivity contribution >= 4 is 27.5 Å². The van der Waals surface area contributed by atoms with Crippen molar-refractivity contribution in [3.8, 4) is 0 Å². The molecule has 0 N–H and O–H groups in total. The minimum atomic E-state index is 0.118. The molecule has 2 aliphatic rings. The number of hydrogen-bond donors (Lipinski definition) is 0. The molecule has 2 aromatic rings. The van der Waals surface area contributed by atoms with Crippen LogP contribution >= 0.6 is 11.3 Å². The summed E-state index contributed by atoms with van der Waals surface area (Å²) in [6, 6.07) is 5.53. The zero-order valence-electron chi connectivity index (χ0n) is 17.4. The number of allylic oxidation sites excluding steroid dienone is 3. The van der Waals surface area contributed by atoms with Gasteiger partial charge < -0.3 is 4.90 Å². The third-order valence-electron chi connectivity index (χ3n) is 5.87. The second kappa shape index (κ2) is 6.67. The fraction of sp³-hybridized carbons (Fsp3) is 0.440. The summed E-state index contributed by atoms with van der Waals surface area (Å²) in [4.78, 5) is 4.06. The molecule has 0 saturated carbocycles. The summed E-state index contributed by atoms with van der Waals surface area (Å²) in [5.74, 6) is 0.622. The lowest BCUT2D eigenvalue weighted by atomic mass is 9.80. The standard InChI is InChI=1S/C25H31NS/c1-16(2)26-15-8-7-12-21(26)22-20(25(4,5)6)14-13-19-18-11-9-10-17(3)23(18)27-24(19)22/h7-9,11-17,21H,10H2,1-6H3. The summed E-state index contributed by atoms with van der Waals surface area (Å²) in [5.41, 5.74) is 4.56. The van der Waals surface area contributed by atoms with E-state index >= 15 is 0 Å². The molecule has 2 unspecified atom stereocenters. The fourth-order valence-electron chi connectivity index (χ4n) is 4.45. The highest BCUT2D eigenvalue weighted by molar-refractivity contribution is 7.19. The van der Waals surface area contributed by atoms with Gasteiger partial charge in [0.05, 0.1) is 6.04 Å². The van der Waals surface area contributed by atoms with Crippen LogP contribution < -0.4 is 0 Å². The number of benzene rings is 1. The highest BCUT2D eigenvalue weighted by atomic mass is 32.1. The molecular weight excluding hydrogens is 346 g/mol. The summed E-state index contributed by atoms with van der Waals surface area (Å²) in [5, 5.41) is 1.44. The maximum absolute atomic E-state index is 2.50. The molecule has 0 saturated heterocycles. The van der Waals surface area contributed by atoms with Crippen molar-refractivity contribution in [3.63, 3.8) is 0 Å². The largest absolute Gasteiger partial charge is 0.365 e. The van der Waals surface area contributed by atoms with Gasteiger partial charge in [0.2, 0.25) is 0 Å². The van der Waals surface area contributed by atoms with Crippen LogP contribution in [0, 0.1) is 0 Å². The molecule has 1 aromatic heterocycles. The number of thiophene rings is 1. The summed E-state index contributed by atoms with van der Waals surface area (Å²) in [7, 11) is 0. The zero-order valence-corrected chi connectivity index (χ0v) is 18.2. The Morgan fingerprint density at radius 1 is 1.15 bits per heavy atom. The van der Waals surface area contributed by atoms with Crippen LogP contribution in [-0.2, 0) is 5.41 Å². The van der Waals surface area contributed by atoms with Crippen LogP contribution in [0.5, 0.6) is 0 Å². The Kier molecular flexibility index (Phi) is 4.58. The first-order valence-electron chi connectivity index (χ1n) is 10.2. The Morgan fingerprint density at radius 3 is 2.63 bits per heavy atom. The molecule has 1 aliphatic carbocycles. The molecule has 0 spiro atoms. The molecule has 27 heavy (non-hydrogen) atoms. The average molecular weight is 378 g/mol. The number of rotatable bonds is 2. The molecular formula is C25H31NS. The minimum Gasteiger partial charge on any atom is -0.365 e. The van der Waals surface area contributed by atoms with E-state index in [4.69, 9.17) is 0 Å². The van der Waals surface area contributed by atoms with Crippen molar-refractivity contribution < 1.29 is 0 Å². The summed E-state index contributed by atoms with van der Waals surface area (Å²) in [6.45, 7) is 14.0. The molecule has 1 aromatic carbocycles. The molecule has 1 aliphatic heterocycles. The van der Waals surface area contributed by atoms with E-state index in [1.54, 1.807) is 4.88 Å². The van der Waals surface area contributed by atoms with Crippen LogP contribution in [0.1, 0.15) is 81.5 Å². The highest BCUT2D eigenvalue weighted by Gasteiger charge is 2.30. The molecule has 2 heteroatoms. The van der Waals surface area contributed by atoms with E-state index in [1.807, 2.05) is 11.3 Å². The minimum absolute atomic E-state index is 0.118. The smallest absolute Gasteiger partial charge is 0.0743 e. The number of hydrogen-bond acceptors (Lipinski definition) is 2. The van der Waals surface area contributed by atoms with Gasteiger partial charge in [0.15, 0.2) is 0 Å². The fourth-order valence-corrected chi connectivity index (χ4v) is 5.89. The van der Waals surface area contributed by atoms with Gasteiger partial charge in [0.1, 0.15) is 0 Å². The lowest BCUT2D eigenvalue weighted by molar-refractivity contribution is 0.262. The van der Waals surface area contributed by atoms with Gasteiger partial charge in [-0.25, -0.2) is 0 Å². The lowest BCUT2D eigenvalue weighted by Crippen LogP contribution is -2.32. The molecule has 4 rings (SSSR count). The van der Waals surface area contributed by atoms with Crippen molar-refractivity contribution in [2.45, 2.75) is 71.4 Å². The third-order valence-corrected chi connectivity index (χ3v) is 7.36. The molecule has 2 atom stereocenters. The molecule has 0 bridgehead atoms. The lowest BCUT2D eigenvalue weighted by Gasteiger charge is -2.37. The predicted octanol–water partition coefficient (Wildman–Crippen LogP) is 7.55. The molecule has 0 radical (unpaired) electrons. The Hall–Kier alpha value is -1.80. The van der Waals surface area contributed by atoms with Gasteiger partial charge in [-0.3, -0.25) is 0 Å². The zero-order chi connectivity index (χ0) is 19.3. The first-order valence-corrected chi connectivity index (χ1v) is 11.0. The number of nitrogens with zero attached hydrogens (tertiary/aromatic N) is 1. The average Bonchev–Trinajstić information content (AvgIpc) is 3.00. The maximum atomic E-state index is 2.50. The van der Waals surface area contributed by atoms with E-state index < -0.39 is 0 Å². The molecule has 142 valence electrons. The van der Waals surface area contributed by atoms with Crippen LogP contribution in [0.15, 0.2) is 42.6 Å². The van der Waals surface area contributed by atoms with Gasteiger partial charge in [-0.05, 0) is 54.4 Å². The van der Waals surface area contributed by atoms with Crippen LogP contribution in [0.25, 0.3) is 16.2 Å². The van der Waals surface area contributed by atoms with Gasteiger partial charge in [-0.2, -0.15) is 0 Å². The summed E-state index contributed by atoms with van der Waals surface area (Å²) < 4.78 is 1.49. The first kappa shape index (κ1) is 18.6. The van der Waals surface area contributed by atoms with E-state index in [0.29, 0.717) is 18.0 Å². The van der Waals surface area contributed by atoms with Crippen LogP contribution in [0.2, 0.25) is 0 Å². The maximum Gasteiger partial charge on any atom is 0.0743 e. The topological polar surface area (TPSA) is 3.24 Å². The van der Waals surface area contributed by atoms with Gasteiger partial charge >= 0.3 is 0 Å². The highest BCUT2D eigenvalue weighted by Crippen LogP contribution is 2.47. The Morgan fingerprint density at radius 2 is 1.93 bits per heavy atom. The van der Waals surface area contributed by atoms with Crippen molar-refractivity contribution in [2.75, 3.05) is 0 Å². The number of fused-ring (bicyclic) bond motifs is 3. The molecule has 1 nitrogen and oxygen atoms in total. The molecule has 0 amide bonds. The quantitative estimate of drug-likeness (QED) is 0.522. The normalized spacial score (nSPS) is 22.1. The van der Waals surface area contributed by atoms with E-state index in [1.165, 1.54) is 26.8 Å². The van der Waals surface area contributed by atoms with E-state index in [0.717, 1.165) is 6.42 Å². The Labute approximate surface area is 168 Å². The van der Waals surface area contributed by atoms with Crippen molar-refractivity contribution in [1.82, 2.24) is 4.90 Å². The van der Waals surface area contributed by atoms with E-state index in [2.05, 4.69) is 95.2 Å². The van der Waals surface area contributed by atoms with Gasteiger partial charge in [0, 0.05) is 27.2 Å². The van der Waals surface area contributed by atoms with Crippen molar-refractivity contribution in [1.29, 1.82) is 0 Å². The van der Waals surface area contributed by atoms with Crippen LogP contribution in [0.3, 0.4) is 0 Å². The Bertz CT molecular complexity index is 949. The van der Waals surface area contributed by atoms with Crippen molar-refractivity contribution in [3.05, 3.63) is 64.2 Å². The second-order valence-electron chi connectivity index (χ2n) is 9.28. The van der Waals surface area contributed by atoms with Crippen molar-refractivity contribution in [2.24, 2.45) is 0 Å². The molecule has 2 heterocycles.